The Morgan fingerprint density at radius 2 is 2.47 bits per heavy atom. The van der Waals surface area contributed by atoms with E-state index in [0.29, 0.717) is 0 Å². The minimum Gasteiger partial charge on any atom is -0.315 e. The zero-order chi connectivity index (χ0) is 10.3. The van der Waals surface area contributed by atoms with Crippen LogP contribution in [0.5, 0.6) is 0 Å². The maximum absolute atomic E-state index is 11.8. The minimum atomic E-state index is -0.0355. The van der Waals surface area contributed by atoms with Crippen molar-refractivity contribution in [1.29, 1.82) is 0 Å². The molecule has 2 aromatic rings. The fourth-order valence-corrected chi connectivity index (χ4v) is 2.19. The quantitative estimate of drug-likeness (QED) is 0.700. The first-order valence-electron chi connectivity index (χ1n) is 5.11. The molecule has 1 saturated heterocycles. The van der Waals surface area contributed by atoms with Crippen molar-refractivity contribution in [2.45, 2.75) is 12.5 Å². The normalized spacial score (nSPS) is 21.2. The molecule has 0 spiro atoms. The molecule has 0 radical (unpaired) electrons. The third-order valence-electron chi connectivity index (χ3n) is 2.92. The summed E-state index contributed by atoms with van der Waals surface area (Å²) in [5.41, 5.74) is 1.73. The summed E-state index contributed by atoms with van der Waals surface area (Å²) in [7, 11) is 0. The Labute approximate surface area is 86.1 Å². The van der Waals surface area contributed by atoms with E-state index in [2.05, 4.69) is 15.3 Å². The van der Waals surface area contributed by atoms with Gasteiger partial charge in [-0.15, -0.1) is 0 Å². The predicted octanol–water partition coefficient (Wildman–Crippen LogP) is 0.259. The number of aromatic nitrogens is 3. The number of nitrogens with one attached hydrogen (secondary N) is 2. The van der Waals surface area contributed by atoms with Crippen molar-refractivity contribution in [3.05, 3.63) is 28.9 Å². The van der Waals surface area contributed by atoms with Crippen LogP contribution in [0.4, 0.5) is 0 Å². The van der Waals surface area contributed by atoms with E-state index in [1.54, 1.807) is 12.4 Å². The molecule has 0 saturated carbocycles. The van der Waals surface area contributed by atoms with Gasteiger partial charge in [-0.3, -0.25) is 9.55 Å². The standard InChI is InChI=1S/C10H12N4O/c15-10-13-8-2-4-12-6-9(8)14(10)7-1-3-11-5-7/h2,4,6-7,11H,1,3,5H2,(H,13,15). The molecule has 2 N–H and O–H groups in total. The molecule has 3 rings (SSSR count). The molecule has 1 aliphatic rings. The number of rotatable bonds is 1. The highest BCUT2D eigenvalue weighted by Crippen LogP contribution is 2.18. The Morgan fingerprint density at radius 3 is 3.27 bits per heavy atom. The smallest absolute Gasteiger partial charge is 0.315 e. The molecular formula is C10H12N4O. The van der Waals surface area contributed by atoms with E-state index in [4.69, 9.17) is 0 Å². The summed E-state index contributed by atoms with van der Waals surface area (Å²) in [5, 5.41) is 3.26. The van der Waals surface area contributed by atoms with Crippen LogP contribution in [0.3, 0.4) is 0 Å². The third kappa shape index (κ3) is 1.27. The first kappa shape index (κ1) is 8.67. The van der Waals surface area contributed by atoms with Crippen molar-refractivity contribution in [1.82, 2.24) is 19.9 Å². The molecule has 0 amide bonds. The number of imidazole rings is 1. The molecule has 5 heteroatoms. The summed E-state index contributed by atoms with van der Waals surface area (Å²) in [5.74, 6) is 0. The van der Waals surface area contributed by atoms with E-state index < -0.39 is 0 Å². The maximum Gasteiger partial charge on any atom is 0.326 e. The van der Waals surface area contributed by atoms with Gasteiger partial charge in [0.2, 0.25) is 0 Å². The summed E-state index contributed by atoms with van der Waals surface area (Å²) in [6.45, 7) is 1.84. The van der Waals surface area contributed by atoms with Crippen LogP contribution in [-0.4, -0.2) is 27.6 Å². The van der Waals surface area contributed by atoms with Crippen LogP contribution in [0.15, 0.2) is 23.3 Å². The summed E-state index contributed by atoms with van der Waals surface area (Å²) >= 11 is 0. The first-order chi connectivity index (χ1) is 7.36. The van der Waals surface area contributed by atoms with E-state index in [-0.39, 0.29) is 11.7 Å². The summed E-state index contributed by atoms with van der Waals surface area (Å²) in [6.07, 6.45) is 4.43. The minimum absolute atomic E-state index is 0.0355. The number of hydrogen-bond donors (Lipinski definition) is 2. The van der Waals surface area contributed by atoms with Gasteiger partial charge in [-0.05, 0) is 19.0 Å². The van der Waals surface area contributed by atoms with Crippen LogP contribution in [-0.2, 0) is 0 Å². The largest absolute Gasteiger partial charge is 0.326 e. The number of hydrogen-bond acceptors (Lipinski definition) is 3. The van der Waals surface area contributed by atoms with Gasteiger partial charge in [-0.1, -0.05) is 0 Å². The van der Waals surface area contributed by atoms with Crippen LogP contribution < -0.4 is 11.0 Å². The lowest BCUT2D eigenvalue weighted by molar-refractivity contribution is 0.545. The third-order valence-corrected chi connectivity index (χ3v) is 2.92. The van der Waals surface area contributed by atoms with Crippen molar-refractivity contribution in [2.75, 3.05) is 13.1 Å². The molecule has 1 atom stereocenters. The zero-order valence-corrected chi connectivity index (χ0v) is 8.23. The fourth-order valence-electron chi connectivity index (χ4n) is 2.19. The molecule has 2 aromatic heterocycles. The molecule has 15 heavy (non-hydrogen) atoms. The van der Waals surface area contributed by atoms with Gasteiger partial charge < -0.3 is 10.3 Å². The molecule has 1 aliphatic heterocycles. The Balaban J connectivity index is 2.23. The number of H-pyrrole nitrogens is 1. The van der Waals surface area contributed by atoms with Gasteiger partial charge in [0.1, 0.15) is 0 Å². The lowest BCUT2D eigenvalue weighted by Gasteiger charge is -2.09. The molecule has 1 unspecified atom stereocenters. The van der Waals surface area contributed by atoms with Crippen LogP contribution in [0.25, 0.3) is 11.0 Å². The van der Waals surface area contributed by atoms with Gasteiger partial charge in [0, 0.05) is 12.7 Å². The number of fused-ring (bicyclic) bond motifs is 1. The first-order valence-corrected chi connectivity index (χ1v) is 5.11. The topological polar surface area (TPSA) is 62.7 Å². The van der Waals surface area contributed by atoms with Gasteiger partial charge in [-0.2, -0.15) is 0 Å². The molecular weight excluding hydrogens is 192 g/mol. The van der Waals surface area contributed by atoms with Gasteiger partial charge >= 0.3 is 5.69 Å². The molecule has 1 fully saturated rings. The van der Waals surface area contributed by atoms with Crippen molar-refractivity contribution >= 4 is 11.0 Å². The van der Waals surface area contributed by atoms with Gasteiger partial charge in [-0.25, -0.2) is 4.79 Å². The van der Waals surface area contributed by atoms with E-state index in [1.165, 1.54) is 0 Å². The molecule has 0 aliphatic carbocycles. The second kappa shape index (κ2) is 3.20. The second-order valence-corrected chi connectivity index (χ2v) is 3.84. The number of aromatic amines is 1. The number of pyridine rings is 1. The molecule has 0 bridgehead atoms. The Kier molecular flexibility index (Phi) is 1.85. The van der Waals surface area contributed by atoms with Crippen LogP contribution in [0.1, 0.15) is 12.5 Å². The predicted molar refractivity (Wildman–Crippen MR) is 56.9 cm³/mol. The monoisotopic (exact) mass is 204 g/mol. The Hall–Kier alpha value is -1.62. The van der Waals surface area contributed by atoms with Gasteiger partial charge in [0.15, 0.2) is 0 Å². The average Bonchev–Trinajstić information content (AvgIpc) is 2.82. The zero-order valence-electron chi connectivity index (χ0n) is 8.23. The number of nitrogens with zero attached hydrogens (tertiary/aromatic N) is 2. The molecule has 78 valence electrons. The van der Waals surface area contributed by atoms with Crippen molar-refractivity contribution in [2.24, 2.45) is 0 Å². The second-order valence-electron chi connectivity index (χ2n) is 3.84. The van der Waals surface area contributed by atoms with E-state index in [0.717, 1.165) is 30.5 Å². The van der Waals surface area contributed by atoms with E-state index in [1.807, 2.05) is 10.6 Å². The van der Waals surface area contributed by atoms with Gasteiger partial charge in [0.05, 0.1) is 23.3 Å². The Morgan fingerprint density at radius 1 is 1.53 bits per heavy atom. The van der Waals surface area contributed by atoms with Crippen molar-refractivity contribution in [3.63, 3.8) is 0 Å². The highest BCUT2D eigenvalue weighted by molar-refractivity contribution is 5.73. The van der Waals surface area contributed by atoms with Crippen molar-refractivity contribution < 1.29 is 0 Å². The SMILES string of the molecule is O=c1[nH]c2ccncc2n1C1CCNC1. The lowest BCUT2D eigenvalue weighted by Crippen LogP contribution is -2.23. The molecule has 5 nitrogen and oxygen atoms in total. The summed E-state index contributed by atoms with van der Waals surface area (Å²) < 4.78 is 1.81. The molecule has 3 heterocycles. The van der Waals surface area contributed by atoms with Gasteiger partial charge in [0.25, 0.3) is 0 Å². The van der Waals surface area contributed by atoms with E-state index in [9.17, 15) is 4.79 Å². The summed E-state index contributed by atoms with van der Waals surface area (Å²) in [6, 6.07) is 2.09. The van der Waals surface area contributed by atoms with Crippen LogP contribution in [0, 0.1) is 0 Å². The average molecular weight is 204 g/mol. The lowest BCUT2D eigenvalue weighted by atomic mass is 10.2. The molecule has 0 aromatic carbocycles. The van der Waals surface area contributed by atoms with Crippen LogP contribution in [0.2, 0.25) is 0 Å². The summed E-state index contributed by atoms with van der Waals surface area (Å²) in [4.78, 5) is 18.7. The van der Waals surface area contributed by atoms with Crippen molar-refractivity contribution in [3.8, 4) is 0 Å². The van der Waals surface area contributed by atoms with E-state index >= 15 is 0 Å². The highest BCUT2D eigenvalue weighted by Gasteiger charge is 2.20. The highest BCUT2D eigenvalue weighted by atomic mass is 16.1. The Bertz CT molecular complexity index is 536. The fraction of sp³-hybridized carbons (Fsp3) is 0.400. The van der Waals surface area contributed by atoms with Crippen LogP contribution >= 0.6 is 0 Å². The maximum atomic E-state index is 11.8.